The van der Waals surface area contributed by atoms with E-state index in [0.29, 0.717) is 17.4 Å². The van der Waals surface area contributed by atoms with E-state index in [1.54, 1.807) is 6.07 Å². The lowest BCUT2D eigenvalue weighted by atomic mass is 9.79. The number of benzene rings is 1. The van der Waals surface area contributed by atoms with E-state index in [9.17, 15) is 8.42 Å². The highest BCUT2D eigenvalue weighted by Gasteiger charge is 2.39. The zero-order chi connectivity index (χ0) is 20.0. The molecule has 2 aliphatic heterocycles. The Morgan fingerprint density at radius 3 is 2.93 bits per heavy atom. The van der Waals surface area contributed by atoms with Gasteiger partial charge in [0.25, 0.3) is 0 Å². The summed E-state index contributed by atoms with van der Waals surface area (Å²) in [6.45, 7) is 3.19. The Morgan fingerprint density at radius 2 is 2.17 bits per heavy atom. The molecule has 1 aromatic heterocycles. The van der Waals surface area contributed by atoms with Crippen LogP contribution in [0.1, 0.15) is 46.5 Å². The van der Waals surface area contributed by atoms with Crippen LogP contribution >= 0.6 is 11.3 Å². The van der Waals surface area contributed by atoms with Gasteiger partial charge in [0.2, 0.25) is 10.0 Å². The highest BCUT2D eigenvalue weighted by molar-refractivity contribution is 7.89. The molecule has 1 fully saturated rings. The van der Waals surface area contributed by atoms with Crippen LogP contribution in [0.4, 0.5) is 5.69 Å². The summed E-state index contributed by atoms with van der Waals surface area (Å²) < 4.78 is 34.0. The Balaban J connectivity index is 1.42. The second-order valence-corrected chi connectivity index (χ2v) is 11.2. The predicted octanol–water partition coefficient (Wildman–Crippen LogP) is 4.34. The van der Waals surface area contributed by atoms with Gasteiger partial charge in [0.05, 0.1) is 17.0 Å². The molecule has 4 atom stereocenters. The third-order valence-electron chi connectivity index (χ3n) is 6.24. The molecule has 5 nitrogen and oxygen atoms in total. The van der Waals surface area contributed by atoms with Crippen LogP contribution in [-0.2, 0) is 14.8 Å². The fraction of sp³-hybridized carbons (Fsp3) is 0.455. The minimum atomic E-state index is -3.55. The minimum Gasteiger partial charge on any atom is -0.377 e. The Bertz CT molecular complexity index is 1040. The Kier molecular flexibility index (Phi) is 5.02. The van der Waals surface area contributed by atoms with Crippen LogP contribution in [0, 0.1) is 12.8 Å². The van der Waals surface area contributed by atoms with Gasteiger partial charge in [-0.25, -0.2) is 13.1 Å². The standard InChI is InChI=1S/C22H26N2O3S2/c1-14-7-10-21(28-14)22-18-6-2-5-17(18)19-12-16(8-9-20(19)24-22)29(25,26)23-13-15-4-3-11-27-15/h2,5,7-10,12,15,17-18,22-24H,3-4,6,11,13H2,1H3. The van der Waals surface area contributed by atoms with E-state index in [2.05, 4.69) is 41.2 Å². The maximum absolute atomic E-state index is 12.9. The maximum atomic E-state index is 12.9. The molecule has 154 valence electrons. The summed E-state index contributed by atoms with van der Waals surface area (Å²) in [7, 11) is -3.55. The lowest BCUT2D eigenvalue weighted by molar-refractivity contribution is 0.114. The zero-order valence-corrected chi connectivity index (χ0v) is 18.1. The van der Waals surface area contributed by atoms with Gasteiger partial charge < -0.3 is 10.1 Å². The minimum absolute atomic E-state index is 0.0128. The van der Waals surface area contributed by atoms with Gasteiger partial charge in [0.15, 0.2) is 0 Å². The summed E-state index contributed by atoms with van der Waals surface area (Å²) >= 11 is 1.84. The van der Waals surface area contributed by atoms with Crippen LogP contribution in [0.25, 0.3) is 0 Å². The quantitative estimate of drug-likeness (QED) is 0.693. The second-order valence-electron chi connectivity index (χ2n) is 8.16. The van der Waals surface area contributed by atoms with Gasteiger partial charge in [0.1, 0.15) is 0 Å². The number of hydrogen-bond donors (Lipinski definition) is 2. The number of fused-ring (bicyclic) bond motifs is 3. The number of rotatable bonds is 5. The molecule has 29 heavy (non-hydrogen) atoms. The summed E-state index contributed by atoms with van der Waals surface area (Å²) in [5, 5.41) is 3.69. The molecule has 7 heteroatoms. The summed E-state index contributed by atoms with van der Waals surface area (Å²) in [5.74, 6) is 0.658. The van der Waals surface area contributed by atoms with Crippen LogP contribution in [0.2, 0.25) is 0 Å². The van der Waals surface area contributed by atoms with Crippen LogP contribution in [-0.4, -0.2) is 27.7 Å². The molecule has 0 spiro atoms. The van der Waals surface area contributed by atoms with Crippen LogP contribution in [0.15, 0.2) is 47.4 Å². The van der Waals surface area contributed by atoms with Gasteiger partial charge in [0, 0.05) is 34.5 Å². The van der Waals surface area contributed by atoms with Crippen LogP contribution < -0.4 is 10.0 Å². The number of hydrogen-bond acceptors (Lipinski definition) is 5. The van der Waals surface area contributed by atoms with Gasteiger partial charge in [-0.3, -0.25) is 0 Å². The first-order valence-electron chi connectivity index (χ1n) is 10.3. The number of anilines is 1. The molecule has 2 N–H and O–H groups in total. The highest BCUT2D eigenvalue weighted by Crippen LogP contribution is 2.51. The summed E-state index contributed by atoms with van der Waals surface area (Å²) in [6.07, 6.45) is 7.38. The monoisotopic (exact) mass is 430 g/mol. The molecule has 1 saturated heterocycles. The molecule has 3 aliphatic rings. The van der Waals surface area contributed by atoms with Gasteiger partial charge >= 0.3 is 0 Å². The molecule has 1 aliphatic carbocycles. The average molecular weight is 431 g/mol. The molecule has 1 aromatic carbocycles. The van der Waals surface area contributed by atoms with Crippen LogP contribution in [0.5, 0.6) is 0 Å². The SMILES string of the molecule is Cc1ccc(C2Nc3ccc(S(=O)(=O)NCC4CCCO4)cc3C3C=CCC32)s1. The topological polar surface area (TPSA) is 67.4 Å². The third kappa shape index (κ3) is 3.65. The average Bonchev–Trinajstić information content (AvgIpc) is 3.47. The summed E-state index contributed by atoms with van der Waals surface area (Å²) in [6, 6.07) is 10.1. The number of aryl methyl sites for hydroxylation is 1. The van der Waals surface area contributed by atoms with Crippen molar-refractivity contribution >= 4 is 27.0 Å². The van der Waals surface area contributed by atoms with E-state index in [-0.39, 0.29) is 18.1 Å². The summed E-state index contributed by atoms with van der Waals surface area (Å²) in [4.78, 5) is 3.00. The molecule has 0 amide bonds. The third-order valence-corrected chi connectivity index (χ3v) is 8.74. The Morgan fingerprint density at radius 1 is 1.28 bits per heavy atom. The van der Waals surface area contributed by atoms with Gasteiger partial charge in [-0.1, -0.05) is 12.2 Å². The molecule has 0 radical (unpaired) electrons. The van der Waals surface area contributed by atoms with E-state index >= 15 is 0 Å². The van der Waals surface area contributed by atoms with E-state index in [4.69, 9.17) is 4.74 Å². The largest absolute Gasteiger partial charge is 0.377 e. The number of nitrogens with one attached hydrogen (secondary N) is 2. The second kappa shape index (κ2) is 7.54. The van der Waals surface area contributed by atoms with Gasteiger partial charge in [-0.05, 0) is 68.0 Å². The zero-order valence-electron chi connectivity index (χ0n) is 16.4. The normalized spacial score (nSPS) is 28.2. The lowest BCUT2D eigenvalue weighted by Gasteiger charge is -2.37. The van der Waals surface area contributed by atoms with Gasteiger partial charge in [-0.15, -0.1) is 11.3 Å². The summed E-state index contributed by atoms with van der Waals surface area (Å²) in [5.41, 5.74) is 2.11. The fourth-order valence-electron chi connectivity index (χ4n) is 4.73. The van der Waals surface area contributed by atoms with Crippen molar-refractivity contribution in [2.24, 2.45) is 5.92 Å². The fourth-order valence-corrected chi connectivity index (χ4v) is 6.84. The van der Waals surface area contributed by atoms with E-state index in [0.717, 1.165) is 37.1 Å². The number of sulfonamides is 1. The maximum Gasteiger partial charge on any atom is 0.240 e. The number of ether oxygens (including phenoxy) is 1. The van der Waals surface area contributed by atoms with Crippen molar-refractivity contribution in [3.05, 3.63) is 57.8 Å². The molecule has 0 saturated carbocycles. The van der Waals surface area contributed by atoms with Crippen molar-refractivity contribution in [2.45, 2.75) is 49.1 Å². The van der Waals surface area contributed by atoms with E-state index in [1.165, 1.54) is 9.75 Å². The first kappa shape index (κ1) is 19.3. The molecular weight excluding hydrogens is 404 g/mol. The Hall–Kier alpha value is -1.67. The molecule has 2 aromatic rings. The molecule has 4 unspecified atom stereocenters. The van der Waals surface area contributed by atoms with Gasteiger partial charge in [-0.2, -0.15) is 0 Å². The smallest absolute Gasteiger partial charge is 0.240 e. The highest BCUT2D eigenvalue weighted by atomic mass is 32.2. The van der Waals surface area contributed by atoms with Crippen molar-refractivity contribution in [3.63, 3.8) is 0 Å². The molecule has 3 heterocycles. The first-order chi connectivity index (χ1) is 14.0. The predicted molar refractivity (Wildman–Crippen MR) is 116 cm³/mol. The van der Waals surface area contributed by atoms with E-state index < -0.39 is 10.0 Å². The van der Waals surface area contributed by atoms with Crippen molar-refractivity contribution in [2.75, 3.05) is 18.5 Å². The molecule has 5 rings (SSSR count). The first-order valence-corrected chi connectivity index (χ1v) is 12.6. The molecule has 0 bridgehead atoms. The molecular formula is C22H26N2O3S2. The number of thiophene rings is 1. The van der Waals surface area contributed by atoms with Crippen molar-refractivity contribution in [3.8, 4) is 0 Å². The van der Waals surface area contributed by atoms with Crippen molar-refractivity contribution < 1.29 is 13.2 Å². The van der Waals surface area contributed by atoms with Crippen molar-refractivity contribution in [1.82, 2.24) is 4.72 Å². The lowest BCUT2D eigenvalue weighted by Crippen LogP contribution is -2.32. The van der Waals surface area contributed by atoms with E-state index in [1.807, 2.05) is 23.5 Å². The van der Waals surface area contributed by atoms with Crippen molar-refractivity contribution in [1.29, 1.82) is 0 Å². The van der Waals surface area contributed by atoms with Crippen LogP contribution in [0.3, 0.4) is 0 Å². The number of allylic oxidation sites excluding steroid dienone is 2. The Labute approximate surface area is 176 Å².